The van der Waals surface area contributed by atoms with Crippen LogP contribution in [0.4, 0.5) is 10.1 Å². The van der Waals surface area contributed by atoms with Crippen molar-refractivity contribution in [3.8, 4) is 11.1 Å². The number of anilines is 1. The smallest absolute Gasteiger partial charge is 0.338 e. The molecule has 240 valence electrons. The molecule has 10 nitrogen and oxygen atoms in total. The Morgan fingerprint density at radius 2 is 1.70 bits per heavy atom. The Labute approximate surface area is 275 Å². The molecule has 0 radical (unpaired) electrons. The molecule has 12 heteroatoms. The SMILES string of the molecule is CC(C)(C)OC(=O)c1ccc(NC(=O)[C@@H]2c3cccc(-c4cncnc4)c3CCN2C(=O)C2CC(c3cccc(Cl)c3F)=NO2)cc1. The van der Waals surface area contributed by atoms with Gasteiger partial charge in [0, 0.05) is 42.2 Å². The summed E-state index contributed by atoms with van der Waals surface area (Å²) in [5, 5.41) is 6.84. The fourth-order valence-corrected chi connectivity index (χ4v) is 5.89. The van der Waals surface area contributed by atoms with E-state index in [1.54, 1.807) is 63.5 Å². The van der Waals surface area contributed by atoms with Gasteiger partial charge in [-0.25, -0.2) is 19.2 Å². The van der Waals surface area contributed by atoms with Crippen molar-refractivity contribution in [2.24, 2.45) is 5.16 Å². The second-order valence-electron chi connectivity index (χ2n) is 12.2. The third kappa shape index (κ3) is 6.71. The Balaban J connectivity index is 1.29. The summed E-state index contributed by atoms with van der Waals surface area (Å²) >= 11 is 5.97. The molecule has 3 heterocycles. The van der Waals surface area contributed by atoms with Gasteiger partial charge >= 0.3 is 5.97 Å². The molecular weight excluding hydrogens is 625 g/mol. The van der Waals surface area contributed by atoms with Crippen molar-refractivity contribution in [3.05, 3.63) is 112 Å². The largest absolute Gasteiger partial charge is 0.456 e. The van der Waals surface area contributed by atoms with Gasteiger partial charge in [-0.1, -0.05) is 41.0 Å². The fraction of sp³-hybridized carbons (Fsp3) is 0.257. The standard InChI is InChI=1S/C35H31ClFN5O5/c1-35(2,3)46-34(45)20-10-12-22(13-11-20)40-32(43)31-25-7-4-6-23(21-17-38-19-39-18-21)24(25)14-15-42(31)33(44)29-16-28(41-47-29)26-8-5-9-27(36)30(26)37/h4-13,17-19,29,31H,14-16H2,1-3H3,(H,40,43)/t29?,31-/m0/s1. The second kappa shape index (κ2) is 12.9. The summed E-state index contributed by atoms with van der Waals surface area (Å²) in [6.45, 7) is 5.55. The minimum atomic E-state index is -1.07. The van der Waals surface area contributed by atoms with Crippen LogP contribution in [0.2, 0.25) is 5.02 Å². The Morgan fingerprint density at radius 3 is 2.43 bits per heavy atom. The monoisotopic (exact) mass is 655 g/mol. The van der Waals surface area contributed by atoms with E-state index < -0.39 is 41.3 Å². The van der Waals surface area contributed by atoms with Gasteiger partial charge in [-0.3, -0.25) is 9.59 Å². The molecule has 0 saturated carbocycles. The zero-order chi connectivity index (χ0) is 33.3. The van der Waals surface area contributed by atoms with Gasteiger partial charge in [-0.05, 0) is 80.3 Å². The summed E-state index contributed by atoms with van der Waals surface area (Å²) in [6, 6.07) is 15.4. The van der Waals surface area contributed by atoms with Crippen molar-refractivity contribution in [1.82, 2.24) is 14.9 Å². The van der Waals surface area contributed by atoms with Gasteiger partial charge in [-0.2, -0.15) is 0 Å². The zero-order valence-corrected chi connectivity index (χ0v) is 26.6. The lowest BCUT2D eigenvalue weighted by molar-refractivity contribution is -0.148. The van der Waals surface area contributed by atoms with Crippen molar-refractivity contribution in [2.75, 3.05) is 11.9 Å². The number of carbonyl (C=O) groups is 3. The number of oxime groups is 1. The van der Waals surface area contributed by atoms with E-state index in [1.165, 1.54) is 23.4 Å². The van der Waals surface area contributed by atoms with Crippen LogP contribution in [0.3, 0.4) is 0 Å². The van der Waals surface area contributed by atoms with Crippen molar-refractivity contribution >= 4 is 40.8 Å². The molecule has 3 aromatic carbocycles. The number of benzene rings is 3. The van der Waals surface area contributed by atoms with Gasteiger partial charge in [0.15, 0.2) is 5.82 Å². The van der Waals surface area contributed by atoms with E-state index in [4.69, 9.17) is 21.2 Å². The topological polar surface area (TPSA) is 123 Å². The predicted octanol–water partition coefficient (Wildman–Crippen LogP) is 6.15. The Kier molecular flexibility index (Phi) is 8.74. The first-order valence-electron chi connectivity index (χ1n) is 15.0. The molecule has 0 bridgehead atoms. The summed E-state index contributed by atoms with van der Waals surface area (Å²) in [5.74, 6) is -2.07. The number of amides is 2. The highest BCUT2D eigenvalue weighted by Gasteiger charge is 2.42. The molecule has 2 amide bonds. The summed E-state index contributed by atoms with van der Waals surface area (Å²) < 4.78 is 20.2. The maximum Gasteiger partial charge on any atom is 0.338 e. The Bertz CT molecular complexity index is 1880. The molecule has 0 spiro atoms. The van der Waals surface area contributed by atoms with E-state index in [2.05, 4.69) is 20.4 Å². The van der Waals surface area contributed by atoms with Crippen molar-refractivity contribution in [2.45, 2.75) is 51.4 Å². The maximum absolute atomic E-state index is 14.7. The lowest BCUT2D eigenvalue weighted by Gasteiger charge is -2.38. The first-order chi connectivity index (χ1) is 22.5. The Morgan fingerprint density at radius 1 is 1.00 bits per heavy atom. The number of rotatable bonds is 6. The molecule has 0 aliphatic carbocycles. The Hall–Kier alpha value is -5.16. The van der Waals surface area contributed by atoms with E-state index in [9.17, 15) is 18.8 Å². The molecule has 4 aromatic rings. The van der Waals surface area contributed by atoms with Crippen molar-refractivity contribution < 1.29 is 28.3 Å². The highest BCUT2D eigenvalue weighted by Crippen LogP contribution is 2.38. The van der Waals surface area contributed by atoms with E-state index in [1.807, 2.05) is 18.2 Å². The van der Waals surface area contributed by atoms with Gasteiger partial charge in [0.25, 0.3) is 11.8 Å². The third-order valence-electron chi connectivity index (χ3n) is 7.82. The highest BCUT2D eigenvalue weighted by atomic mass is 35.5. The molecule has 2 atom stereocenters. The van der Waals surface area contributed by atoms with Crippen LogP contribution in [-0.4, -0.2) is 56.6 Å². The quantitative estimate of drug-likeness (QED) is 0.247. The highest BCUT2D eigenvalue weighted by molar-refractivity contribution is 6.31. The molecule has 6 rings (SSSR count). The van der Waals surface area contributed by atoms with Gasteiger partial charge in [-0.15, -0.1) is 0 Å². The molecule has 2 aliphatic rings. The van der Waals surface area contributed by atoms with E-state index >= 15 is 0 Å². The number of aromatic nitrogens is 2. The molecule has 0 saturated heterocycles. The van der Waals surface area contributed by atoms with Crippen LogP contribution in [0.5, 0.6) is 0 Å². The first kappa shape index (κ1) is 31.8. The molecule has 0 fully saturated rings. The van der Waals surface area contributed by atoms with Gasteiger partial charge in [0.2, 0.25) is 6.10 Å². The van der Waals surface area contributed by atoms with Crippen LogP contribution >= 0.6 is 11.6 Å². The van der Waals surface area contributed by atoms with Crippen LogP contribution in [0, 0.1) is 5.82 Å². The number of nitrogens with zero attached hydrogens (tertiary/aromatic N) is 4. The molecule has 1 aromatic heterocycles. The minimum Gasteiger partial charge on any atom is -0.456 e. The van der Waals surface area contributed by atoms with Gasteiger partial charge < -0.3 is 19.8 Å². The number of nitrogens with one attached hydrogen (secondary N) is 1. The number of fused-ring (bicyclic) bond motifs is 1. The second-order valence-corrected chi connectivity index (χ2v) is 12.6. The lowest BCUT2D eigenvalue weighted by atomic mass is 9.86. The molecule has 47 heavy (non-hydrogen) atoms. The lowest BCUT2D eigenvalue weighted by Crippen LogP contribution is -2.49. The molecular formula is C35H31ClFN5O5. The number of carbonyl (C=O) groups excluding carboxylic acids is 3. The average Bonchev–Trinajstić information content (AvgIpc) is 3.55. The number of ether oxygens (including phenoxy) is 1. The third-order valence-corrected chi connectivity index (χ3v) is 8.11. The summed E-state index contributed by atoms with van der Waals surface area (Å²) in [7, 11) is 0. The van der Waals surface area contributed by atoms with Crippen molar-refractivity contribution in [3.63, 3.8) is 0 Å². The number of hydrogen-bond donors (Lipinski definition) is 1. The number of halogens is 2. The molecule has 2 aliphatic heterocycles. The van der Waals surface area contributed by atoms with E-state index in [0.717, 1.165) is 16.7 Å². The normalized spacial score (nSPS) is 17.3. The van der Waals surface area contributed by atoms with Crippen LogP contribution in [0.1, 0.15) is 60.3 Å². The van der Waals surface area contributed by atoms with Crippen LogP contribution in [0.25, 0.3) is 11.1 Å². The predicted molar refractivity (Wildman–Crippen MR) is 173 cm³/mol. The summed E-state index contributed by atoms with van der Waals surface area (Å²) in [4.78, 5) is 56.0. The number of hydrogen-bond acceptors (Lipinski definition) is 8. The van der Waals surface area contributed by atoms with Crippen LogP contribution < -0.4 is 5.32 Å². The van der Waals surface area contributed by atoms with Gasteiger partial charge in [0.1, 0.15) is 18.0 Å². The minimum absolute atomic E-state index is 0.00130. The summed E-state index contributed by atoms with van der Waals surface area (Å²) in [5.41, 5.74) is 3.65. The number of esters is 1. The fourth-order valence-electron chi connectivity index (χ4n) is 5.72. The van der Waals surface area contributed by atoms with Crippen LogP contribution in [0.15, 0.2) is 84.5 Å². The maximum atomic E-state index is 14.7. The van der Waals surface area contributed by atoms with E-state index in [0.29, 0.717) is 23.2 Å². The van der Waals surface area contributed by atoms with Crippen LogP contribution in [-0.2, 0) is 25.6 Å². The average molecular weight is 656 g/mol. The first-order valence-corrected chi connectivity index (χ1v) is 15.4. The van der Waals surface area contributed by atoms with Gasteiger partial charge in [0.05, 0.1) is 16.3 Å². The zero-order valence-electron chi connectivity index (χ0n) is 25.9. The van der Waals surface area contributed by atoms with E-state index in [-0.39, 0.29) is 29.3 Å². The molecule has 1 N–H and O–H groups in total. The van der Waals surface area contributed by atoms with Crippen molar-refractivity contribution in [1.29, 1.82) is 0 Å². The molecule has 1 unspecified atom stereocenters. The summed E-state index contributed by atoms with van der Waals surface area (Å²) in [6.07, 6.45) is 4.21.